The molecule has 156 valence electrons. The van der Waals surface area contributed by atoms with Gasteiger partial charge in [-0.15, -0.1) is 16.9 Å². The second-order valence-electron chi connectivity index (χ2n) is 6.14. The number of ether oxygens (including phenoxy) is 2. The summed E-state index contributed by atoms with van der Waals surface area (Å²) in [5, 5.41) is 22.2. The van der Waals surface area contributed by atoms with Crippen molar-refractivity contribution in [2.24, 2.45) is 0 Å². The number of hydrogen-bond acceptors (Lipinski definition) is 8. The fourth-order valence-corrected chi connectivity index (χ4v) is 3.60. The van der Waals surface area contributed by atoms with Crippen LogP contribution in [-0.2, 0) is 32.2 Å². The molecule has 0 saturated carbocycles. The van der Waals surface area contributed by atoms with Crippen LogP contribution < -0.4 is 10.6 Å². The maximum atomic E-state index is 12.1. The van der Waals surface area contributed by atoms with Crippen molar-refractivity contribution in [1.29, 1.82) is 0 Å². The molecule has 0 radical (unpaired) electrons. The van der Waals surface area contributed by atoms with Crippen LogP contribution in [-0.4, -0.2) is 75.4 Å². The molecule has 1 fully saturated rings. The molecule has 1 aliphatic heterocycles. The first-order valence-electron chi connectivity index (χ1n) is 9.10. The minimum atomic E-state index is -0.486. The van der Waals surface area contributed by atoms with Crippen LogP contribution in [0.2, 0.25) is 0 Å². The molecule has 0 aromatic carbocycles. The summed E-state index contributed by atoms with van der Waals surface area (Å²) in [6.45, 7) is 8.42. The van der Waals surface area contributed by atoms with E-state index in [9.17, 15) is 14.7 Å². The van der Waals surface area contributed by atoms with Crippen LogP contribution in [0.3, 0.4) is 0 Å². The number of nitrogens with one attached hydrogen (secondary N) is 2. The molecule has 1 saturated heterocycles. The van der Waals surface area contributed by atoms with Gasteiger partial charge in [0.2, 0.25) is 11.8 Å². The number of rotatable bonds is 12. The zero-order valence-electron chi connectivity index (χ0n) is 15.9. The first kappa shape index (κ1) is 22.2. The van der Waals surface area contributed by atoms with Gasteiger partial charge in [-0.3, -0.25) is 9.59 Å². The molecule has 2 heterocycles. The molecule has 10 nitrogen and oxygen atoms in total. The lowest BCUT2D eigenvalue weighted by Crippen LogP contribution is -2.48. The van der Waals surface area contributed by atoms with Crippen LogP contribution in [0.1, 0.15) is 19.0 Å². The Bertz CT molecular complexity index is 668. The van der Waals surface area contributed by atoms with Crippen LogP contribution in [0.25, 0.3) is 0 Å². The Kier molecular flexibility index (Phi) is 9.24. The van der Waals surface area contributed by atoms with E-state index in [1.165, 1.54) is 11.8 Å². The summed E-state index contributed by atoms with van der Waals surface area (Å²) in [7, 11) is 0. The van der Waals surface area contributed by atoms with E-state index in [0.29, 0.717) is 44.4 Å². The standard InChI is InChI=1S/C17H27N5O5S/c1-3-26-6-7-27-5-4-22-10-13(20-21-22)9-18-16(24)8-15-17(25)19-14(11-28-15)12(2)23/h10,14-15,23H,2-9,11H2,1H3,(H,18,24)(H,19,25). The number of thioether (sulfide) groups is 1. The van der Waals surface area contributed by atoms with Gasteiger partial charge in [-0.05, 0) is 6.92 Å². The molecule has 2 atom stereocenters. The van der Waals surface area contributed by atoms with Gasteiger partial charge >= 0.3 is 0 Å². The summed E-state index contributed by atoms with van der Waals surface area (Å²) < 4.78 is 12.2. The Hall–Kier alpha value is -2.11. The maximum Gasteiger partial charge on any atom is 0.234 e. The average molecular weight is 414 g/mol. The quantitative estimate of drug-likeness (QED) is 0.323. The lowest BCUT2D eigenvalue weighted by atomic mass is 10.2. The van der Waals surface area contributed by atoms with E-state index in [0.717, 1.165) is 0 Å². The monoisotopic (exact) mass is 413 g/mol. The third-order valence-corrected chi connectivity index (χ3v) is 5.25. The molecular weight excluding hydrogens is 386 g/mol. The molecular formula is C17H27N5O5S. The van der Waals surface area contributed by atoms with Crippen molar-refractivity contribution in [3.8, 4) is 0 Å². The molecule has 3 N–H and O–H groups in total. The second kappa shape index (κ2) is 11.7. The Morgan fingerprint density at radius 1 is 1.46 bits per heavy atom. The second-order valence-corrected chi connectivity index (χ2v) is 7.37. The maximum absolute atomic E-state index is 12.1. The molecule has 11 heteroatoms. The van der Waals surface area contributed by atoms with Gasteiger partial charge in [0.15, 0.2) is 0 Å². The Labute approximate surface area is 168 Å². The minimum absolute atomic E-state index is 0.0585. The van der Waals surface area contributed by atoms with E-state index >= 15 is 0 Å². The zero-order chi connectivity index (χ0) is 20.4. The first-order chi connectivity index (χ1) is 13.5. The van der Waals surface area contributed by atoms with E-state index < -0.39 is 11.3 Å². The van der Waals surface area contributed by atoms with Crippen molar-refractivity contribution in [2.45, 2.75) is 37.7 Å². The zero-order valence-corrected chi connectivity index (χ0v) is 16.7. The number of carbonyl (C=O) groups is 2. The summed E-state index contributed by atoms with van der Waals surface area (Å²) in [6, 6.07) is -0.463. The molecule has 2 rings (SSSR count). The number of carbonyl (C=O) groups excluding carboxylic acids is 2. The van der Waals surface area contributed by atoms with Crippen molar-refractivity contribution in [1.82, 2.24) is 25.6 Å². The summed E-state index contributed by atoms with van der Waals surface area (Å²) in [5.74, 6) is -0.115. The Balaban J connectivity index is 1.64. The van der Waals surface area contributed by atoms with Gasteiger partial charge in [0.25, 0.3) is 0 Å². The molecule has 2 unspecified atom stereocenters. The van der Waals surface area contributed by atoms with Crippen molar-refractivity contribution in [2.75, 3.05) is 32.2 Å². The molecule has 1 aromatic heterocycles. The fourth-order valence-electron chi connectivity index (χ4n) is 2.41. The van der Waals surface area contributed by atoms with Crippen LogP contribution in [0, 0.1) is 0 Å². The van der Waals surface area contributed by atoms with E-state index in [4.69, 9.17) is 9.47 Å². The molecule has 1 aromatic rings. The summed E-state index contributed by atoms with van der Waals surface area (Å²) >= 11 is 1.33. The van der Waals surface area contributed by atoms with Gasteiger partial charge in [-0.25, -0.2) is 4.68 Å². The number of aliphatic hydroxyl groups excluding tert-OH is 1. The predicted octanol–water partition coefficient (Wildman–Crippen LogP) is 0.00940. The highest BCUT2D eigenvalue weighted by atomic mass is 32.2. The van der Waals surface area contributed by atoms with Gasteiger partial charge in [0.1, 0.15) is 11.5 Å². The third-order valence-electron chi connectivity index (χ3n) is 3.94. The first-order valence-corrected chi connectivity index (χ1v) is 10.2. The van der Waals surface area contributed by atoms with Crippen LogP contribution in [0.5, 0.6) is 0 Å². The molecule has 2 amide bonds. The van der Waals surface area contributed by atoms with Gasteiger partial charge < -0.3 is 25.2 Å². The third kappa shape index (κ3) is 7.49. The van der Waals surface area contributed by atoms with Crippen molar-refractivity contribution < 1.29 is 24.2 Å². The minimum Gasteiger partial charge on any atom is -0.511 e. The van der Waals surface area contributed by atoms with E-state index in [1.54, 1.807) is 10.9 Å². The SMILES string of the molecule is C=C(O)C1CSC(CC(=O)NCc2cn(CCOCCOCC)nn2)C(=O)N1. The molecule has 0 bridgehead atoms. The highest BCUT2D eigenvalue weighted by Crippen LogP contribution is 2.22. The fraction of sp³-hybridized carbons (Fsp3) is 0.647. The van der Waals surface area contributed by atoms with E-state index in [-0.39, 0.29) is 30.5 Å². The van der Waals surface area contributed by atoms with Gasteiger partial charge in [0.05, 0.1) is 50.4 Å². The van der Waals surface area contributed by atoms with Gasteiger partial charge in [0, 0.05) is 18.8 Å². The van der Waals surface area contributed by atoms with Crippen molar-refractivity contribution in [3.63, 3.8) is 0 Å². The Morgan fingerprint density at radius 3 is 2.96 bits per heavy atom. The number of nitrogens with zero attached hydrogens (tertiary/aromatic N) is 3. The molecule has 1 aliphatic rings. The summed E-state index contributed by atoms with van der Waals surface area (Å²) in [5.41, 5.74) is 0.625. The lowest BCUT2D eigenvalue weighted by molar-refractivity contribution is -0.126. The largest absolute Gasteiger partial charge is 0.511 e. The average Bonchev–Trinajstić information content (AvgIpc) is 3.12. The number of aromatic nitrogens is 3. The molecule has 28 heavy (non-hydrogen) atoms. The normalized spacial score (nSPS) is 19.2. The van der Waals surface area contributed by atoms with E-state index in [1.807, 2.05) is 6.92 Å². The number of aliphatic hydroxyl groups is 1. The van der Waals surface area contributed by atoms with Gasteiger partial charge in [-0.1, -0.05) is 11.8 Å². The number of amides is 2. The van der Waals surface area contributed by atoms with Gasteiger partial charge in [-0.2, -0.15) is 0 Å². The topological polar surface area (TPSA) is 128 Å². The lowest BCUT2D eigenvalue weighted by Gasteiger charge is -2.27. The predicted molar refractivity (Wildman–Crippen MR) is 104 cm³/mol. The Morgan fingerprint density at radius 2 is 2.25 bits per heavy atom. The summed E-state index contributed by atoms with van der Waals surface area (Å²) in [6.07, 6.45) is 1.80. The molecule has 0 aliphatic carbocycles. The van der Waals surface area contributed by atoms with E-state index in [2.05, 4.69) is 27.5 Å². The number of hydrogen-bond donors (Lipinski definition) is 3. The van der Waals surface area contributed by atoms with Crippen LogP contribution in [0.15, 0.2) is 18.5 Å². The highest BCUT2D eigenvalue weighted by molar-refractivity contribution is 8.00. The summed E-state index contributed by atoms with van der Waals surface area (Å²) in [4.78, 5) is 24.1. The van der Waals surface area contributed by atoms with Crippen molar-refractivity contribution >= 4 is 23.6 Å². The smallest absolute Gasteiger partial charge is 0.234 e. The van der Waals surface area contributed by atoms with Crippen LogP contribution >= 0.6 is 11.8 Å². The highest BCUT2D eigenvalue weighted by Gasteiger charge is 2.31. The van der Waals surface area contributed by atoms with Crippen LogP contribution in [0.4, 0.5) is 0 Å². The van der Waals surface area contributed by atoms with Crippen molar-refractivity contribution in [3.05, 3.63) is 24.2 Å². The molecule has 0 spiro atoms.